The van der Waals surface area contributed by atoms with Crippen molar-refractivity contribution in [1.82, 2.24) is 30.6 Å². The number of para-hydroxylation sites is 4. The van der Waals surface area contributed by atoms with Crippen molar-refractivity contribution in [3.05, 3.63) is 71.3 Å². The average molecular weight is 617 g/mol. The molecule has 8 heteroatoms. The highest BCUT2D eigenvalue weighted by atomic mass is 16.2. The third-order valence-corrected chi connectivity index (χ3v) is 13.8. The molecular weight excluding hydrogens is 572 g/mol. The van der Waals surface area contributed by atoms with Crippen molar-refractivity contribution in [1.29, 1.82) is 0 Å². The molecule has 0 aliphatic heterocycles. The summed E-state index contributed by atoms with van der Waals surface area (Å²) in [4.78, 5) is 48.6. The van der Waals surface area contributed by atoms with E-state index in [9.17, 15) is 9.59 Å². The van der Waals surface area contributed by atoms with Crippen LogP contribution in [0.1, 0.15) is 103 Å². The lowest BCUT2D eigenvalue weighted by Crippen LogP contribution is -2.52. The Morgan fingerprint density at radius 2 is 0.870 bits per heavy atom. The Bertz CT molecular complexity index is 1830. The van der Waals surface area contributed by atoms with Crippen molar-refractivity contribution in [2.75, 3.05) is 13.1 Å². The van der Waals surface area contributed by atoms with Crippen LogP contribution in [0.5, 0.6) is 0 Å². The van der Waals surface area contributed by atoms with E-state index in [2.05, 4.69) is 52.2 Å². The maximum absolute atomic E-state index is 14.1. The molecule has 8 rings (SSSR count). The van der Waals surface area contributed by atoms with E-state index < -0.39 is 10.8 Å². The van der Waals surface area contributed by atoms with Gasteiger partial charge < -0.3 is 10.6 Å². The summed E-state index contributed by atoms with van der Waals surface area (Å²) < 4.78 is 0. The minimum Gasteiger partial charge on any atom is -0.355 e. The second kappa shape index (κ2) is 9.33. The summed E-state index contributed by atoms with van der Waals surface area (Å²) in [5, 5.41) is 6.57. The number of fused-ring (bicyclic) bond motifs is 12. The number of nitrogens with zero attached hydrogens (tertiary/aromatic N) is 4. The molecule has 8 nitrogen and oxygen atoms in total. The van der Waals surface area contributed by atoms with Crippen LogP contribution in [0.2, 0.25) is 0 Å². The topological polar surface area (TPSA) is 110 Å². The van der Waals surface area contributed by atoms with E-state index in [-0.39, 0.29) is 33.5 Å². The molecule has 2 fully saturated rings. The van der Waals surface area contributed by atoms with E-state index in [1.807, 2.05) is 48.5 Å². The molecule has 46 heavy (non-hydrogen) atoms. The molecule has 4 aromatic rings. The monoisotopic (exact) mass is 616 g/mol. The predicted octanol–water partition coefficient (Wildman–Crippen LogP) is 5.94. The van der Waals surface area contributed by atoms with Gasteiger partial charge in [0.2, 0.25) is 11.8 Å². The number of rotatable bonds is 7. The number of unbranched alkanes of at least 4 members (excludes halogenated alkanes) is 1. The van der Waals surface area contributed by atoms with Gasteiger partial charge in [-0.15, -0.1) is 0 Å². The Balaban J connectivity index is 0.951. The molecule has 4 aliphatic rings. The molecule has 2 aromatic carbocycles. The number of amides is 2. The number of nitrogens with one attached hydrogen (secondary N) is 2. The maximum atomic E-state index is 14.1. The first-order valence-electron chi connectivity index (χ1n) is 17.0. The standard InChI is InChI=1S/C38H44N6O2/c1-33(2)35(5)17-19-37(33,29-27(35)41-23-13-7-9-15-25(23)43-29)31(45)39-21-11-12-22-40-32(46)38-20-18-36(6,34(38,3)4)28-30(38)44-26-16-10-8-14-24(26)42-28/h7-10,13-16H,11-12,17-22H2,1-6H3,(H,39,45)(H,40,46). The van der Waals surface area contributed by atoms with Gasteiger partial charge in [-0.1, -0.05) is 65.8 Å². The SMILES string of the molecule is CC12CCC(C(=O)NCCCCNC(=O)C34CCC(C)(c5nc6ccccc6nc53)C4(C)C)(c3nc4ccccc4nc31)C2(C)C. The lowest BCUT2D eigenvalue weighted by atomic mass is 9.63. The van der Waals surface area contributed by atoms with Gasteiger partial charge in [-0.3, -0.25) is 9.59 Å². The Hall–Kier alpha value is -3.94. The summed E-state index contributed by atoms with van der Waals surface area (Å²) >= 11 is 0. The largest absolute Gasteiger partial charge is 0.355 e. The summed E-state index contributed by atoms with van der Waals surface area (Å²) in [5.74, 6) is 0.0978. The first kappa shape index (κ1) is 29.5. The van der Waals surface area contributed by atoms with Gasteiger partial charge in [0.05, 0.1) is 55.7 Å². The van der Waals surface area contributed by atoms with Crippen LogP contribution in [0, 0.1) is 10.8 Å². The van der Waals surface area contributed by atoms with Gasteiger partial charge in [0.25, 0.3) is 0 Å². The van der Waals surface area contributed by atoms with Crippen molar-refractivity contribution in [2.24, 2.45) is 10.8 Å². The summed E-state index contributed by atoms with van der Waals surface area (Å²) in [6, 6.07) is 15.9. The van der Waals surface area contributed by atoms with Crippen molar-refractivity contribution >= 4 is 33.9 Å². The normalized spacial score (nSPS) is 30.8. The van der Waals surface area contributed by atoms with E-state index in [1.54, 1.807) is 0 Å². The lowest BCUT2D eigenvalue weighted by Gasteiger charge is -2.39. The first-order valence-corrected chi connectivity index (χ1v) is 17.0. The van der Waals surface area contributed by atoms with E-state index >= 15 is 0 Å². The van der Waals surface area contributed by atoms with E-state index in [0.29, 0.717) is 13.1 Å². The van der Waals surface area contributed by atoms with E-state index in [1.165, 1.54) is 0 Å². The van der Waals surface area contributed by atoms with Crippen LogP contribution in [-0.4, -0.2) is 44.8 Å². The van der Waals surface area contributed by atoms with Crippen LogP contribution in [0.4, 0.5) is 0 Å². The first-order chi connectivity index (χ1) is 21.8. The van der Waals surface area contributed by atoms with Gasteiger partial charge in [-0.2, -0.15) is 0 Å². The van der Waals surface area contributed by atoms with Crippen LogP contribution < -0.4 is 10.6 Å². The average Bonchev–Trinajstić information content (AvgIpc) is 3.51. The molecule has 2 saturated carbocycles. The molecule has 4 atom stereocenters. The minimum absolute atomic E-state index is 0.0489. The van der Waals surface area contributed by atoms with Crippen LogP contribution >= 0.6 is 0 Å². The molecule has 2 N–H and O–H groups in total. The summed E-state index contributed by atoms with van der Waals surface area (Å²) in [6.45, 7) is 14.5. The number of hydrogen-bond acceptors (Lipinski definition) is 6. The van der Waals surface area contributed by atoms with Gasteiger partial charge in [0, 0.05) is 23.9 Å². The Morgan fingerprint density at radius 3 is 1.22 bits per heavy atom. The smallest absolute Gasteiger partial charge is 0.232 e. The Labute approximate surface area is 270 Å². The minimum atomic E-state index is -0.705. The van der Waals surface area contributed by atoms with Crippen LogP contribution in [0.15, 0.2) is 48.5 Å². The number of aromatic nitrogens is 4. The van der Waals surface area contributed by atoms with Crippen LogP contribution in [0.25, 0.3) is 22.1 Å². The van der Waals surface area contributed by atoms with Crippen molar-refractivity contribution in [3.8, 4) is 0 Å². The zero-order chi connectivity index (χ0) is 32.3. The summed E-state index contributed by atoms with van der Waals surface area (Å²) in [6.07, 6.45) is 4.92. The summed E-state index contributed by atoms with van der Waals surface area (Å²) in [5.41, 5.74) is 4.67. The van der Waals surface area contributed by atoms with E-state index in [0.717, 1.165) is 83.4 Å². The second-order valence-corrected chi connectivity index (χ2v) is 15.8. The fraction of sp³-hybridized carbons (Fsp3) is 0.526. The highest BCUT2D eigenvalue weighted by Gasteiger charge is 2.74. The van der Waals surface area contributed by atoms with Crippen molar-refractivity contribution < 1.29 is 9.59 Å². The van der Waals surface area contributed by atoms with Gasteiger partial charge in [-0.25, -0.2) is 19.9 Å². The maximum Gasteiger partial charge on any atom is 0.232 e. The summed E-state index contributed by atoms with van der Waals surface area (Å²) in [7, 11) is 0. The highest BCUT2D eigenvalue weighted by Crippen LogP contribution is 2.71. The molecule has 0 saturated heterocycles. The van der Waals surface area contributed by atoms with Gasteiger partial charge >= 0.3 is 0 Å². The molecule has 238 valence electrons. The molecule has 4 bridgehead atoms. The Kier molecular flexibility index (Phi) is 5.97. The van der Waals surface area contributed by atoms with Gasteiger partial charge in [0.15, 0.2) is 0 Å². The van der Waals surface area contributed by atoms with Crippen molar-refractivity contribution in [3.63, 3.8) is 0 Å². The van der Waals surface area contributed by atoms with Gasteiger partial charge in [-0.05, 0) is 73.6 Å². The van der Waals surface area contributed by atoms with Crippen LogP contribution in [-0.2, 0) is 31.2 Å². The van der Waals surface area contributed by atoms with E-state index in [4.69, 9.17) is 19.9 Å². The molecule has 0 radical (unpaired) electrons. The second-order valence-electron chi connectivity index (χ2n) is 15.8. The highest BCUT2D eigenvalue weighted by molar-refractivity contribution is 5.94. The van der Waals surface area contributed by atoms with Gasteiger partial charge in [0.1, 0.15) is 0 Å². The fourth-order valence-electron chi connectivity index (χ4n) is 10.1. The molecule has 0 spiro atoms. The third-order valence-electron chi connectivity index (χ3n) is 13.8. The van der Waals surface area contributed by atoms with Crippen LogP contribution in [0.3, 0.4) is 0 Å². The van der Waals surface area contributed by atoms with Crippen molar-refractivity contribution in [2.45, 2.75) is 102 Å². The number of carbonyl (C=O) groups excluding carboxylic acids is 2. The molecule has 2 aromatic heterocycles. The molecule has 4 aliphatic carbocycles. The number of carbonyl (C=O) groups is 2. The zero-order valence-electron chi connectivity index (χ0n) is 27.9. The quantitative estimate of drug-likeness (QED) is 0.249. The third kappa shape index (κ3) is 3.25. The molecule has 4 unspecified atom stereocenters. The lowest BCUT2D eigenvalue weighted by molar-refractivity contribution is -0.131. The molecule has 2 amide bonds. The zero-order valence-corrected chi connectivity index (χ0v) is 27.9. The Morgan fingerprint density at radius 1 is 0.543 bits per heavy atom. The predicted molar refractivity (Wildman–Crippen MR) is 178 cm³/mol. The molecule has 2 heterocycles. The number of benzene rings is 2. The fourth-order valence-corrected chi connectivity index (χ4v) is 10.1. The molecular formula is C38H44N6O2. The number of hydrogen-bond donors (Lipinski definition) is 2.